The fourth-order valence-corrected chi connectivity index (χ4v) is 3.43. The van der Waals surface area contributed by atoms with Gasteiger partial charge >= 0.3 is 0 Å². The van der Waals surface area contributed by atoms with Crippen molar-refractivity contribution in [3.05, 3.63) is 0 Å². The molecule has 16 heavy (non-hydrogen) atoms. The van der Waals surface area contributed by atoms with Crippen LogP contribution in [0, 0.1) is 0 Å². The van der Waals surface area contributed by atoms with Crippen molar-refractivity contribution >= 4 is 16.3 Å². The van der Waals surface area contributed by atoms with E-state index in [0.717, 1.165) is 4.78 Å². The molecule has 1 unspecified atom stereocenters. The van der Waals surface area contributed by atoms with Gasteiger partial charge in [0.2, 0.25) is 16.3 Å². The Kier molecular flexibility index (Phi) is 14.0. The van der Waals surface area contributed by atoms with Crippen molar-refractivity contribution in [2.45, 2.75) is 95.7 Å². The van der Waals surface area contributed by atoms with E-state index in [4.69, 9.17) is 0 Å². The van der Waals surface area contributed by atoms with Crippen LogP contribution in [0.3, 0.4) is 0 Å². The fraction of sp³-hybridized carbons (Fsp3) is 1.00. The molecule has 0 aliphatic rings. The van der Waals surface area contributed by atoms with Crippen LogP contribution in [0.1, 0.15) is 90.9 Å². The van der Waals surface area contributed by atoms with E-state index in [9.17, 15) is 0 Å². The van der Waals surface area contributed by atoms with Crippen LogP contribution in [0.5, 0.6) is 0 Å². The van der Waals surface area contributed by atoms with Gasteiger partial charge in [-0.05, 0) is 0 Å². The second-order valence-electron chi connectivity index (χ2n) is 5.51. The molecule has 0 spiro atoms. The summed E-state index contributed by atoms with van der Waals surface area (Å²) >= 11 is 1.42. The third kappa shape index (κ3) is 12.6. The first-order valence-electron chi connectivity index (χ1n) is 7.81. The normalized spacial score (nSPS) is 12.9. The lowest BCUT2D eigenvalue weighted by molar-refractivity contribution is 0.542. The van der Waals surface area contributed by atoms with Crippen LogP contribution in [-0.4, -0.2) is 16.3 Å². The van der Waals surface area contributed by atoms with Gasteiger partial charge in [0.1, 0.15) is 0 Å². The molecule has 0 aromatic carbocycles. The Bertz CT molecular complexity index is 123. The summed E-state index contributed by atoms with van der Waals surface area (Å²) in [5, 5.41) is 0. The summed E-state index contributed by atoms with van der Waals surface area (Å²) in [7, 11) is 0. The first kappa shape index (κ1) is 16.5. The second kappa shape index (κ2) is 13.6. The van der Waals surface area contributed by atoms with Crippen molar-refractivity contribution < 1.29 is 0 Å². The van der Waals surface area contributed by atoms with E-state index in [1.807, 2.05) is 0 Å². The molecule has 0 rings (SSSR count). The minimum atomic E-state index is 1.11. The molecule has 0 bridgehead atoms. The van der Waals surface area contributed by atoms with Gasteiger partial charge in [0.25, 0.3) is 0 Å². The van der Waals surface area contributed by atoms with Gasteiger partial charge < -0.3 is 0 Å². The Morgan fingerprint density at radius 2 is 1.12 bits per heavy atom. The van der Waals surface area contributed by atoms with Gasteiger partial charge in [-0.2, -0.15) is 0 Å². The van der Waals surface area contributed by atoms with Gasteiger partial charge in [-0.3, -0.25) is 0 Å². The molecule has 1 atom stereocenters. The first-order valence-corrected chi connectivity index (χ1v) is 8.96. The Hall–Kier alpha value is 0.532. The molecule has 0 aromatic rings. The molecule has 0 nitrogen and oxygen atoms in total. The first-order chi connectivity index (χ1) is 7.81. The van der Waals surface area contributed by atoms with Crippen molar-refractivity contribution in [1.82, 2.24) is 0 Å². The lowest BCUT2D eigenvalue weighted by Gasteiger charge is -2.09. The summed E-state index contributed by atoms with van der Waals surface area (Å²) in [6.07, 6.45) is 17.6. The molecular formula is C15H33Al. The second-order valence-corrected chi connectivity index (χ2v) is 7.14. The third-order valence-corrected chi connectivity index (χ3v) is 4.74. The predicted octanol–water partition coefficient (Wildman–Crippen LogP) is 5.13. The zero-order valence-electron chi connectivity index (χ0n) is 12.1. The van der Waals surface area contributed by atoms with E-state index < -0.39 is 0 Å². The van der Waals surface area contributed by atoms with Crippen molar-refractivity contribution in [1.29, 1.82) is 0 Å². The van der Waals surface area contributed by atoms with Gasteiger partial charge in [-0.1, -0.05) is 95.7 Å². The Balaban J connectivity index is 2.98. The van der Waals surface area contributed by atoms with Crippen LogP contribution < -0.4 is 0 Å². The highest BCUT2D eigenvalue weighted by atomic mass is 27.0. The van der Waals surface area contributed by atoms with Crippen LogP contribution in [0.4, 0.5) is 0 Å². The smallest absolute Gasteiger partial charge is 0.0902 e. The summed E-state index contributed by atoms with van der Waals surface area (Å²) in [4.78, 5) is 0. The summed E-state index contributed by atoms with van der Waals surface area (Å²) in [6, 6.07) is 0. The number of hydrogen-bond donors (Lipinski definition) is 0. The largest absolute Gasteiger partial charge is 0.216 e. The lowest BCUT2D eigenvalue weighted by atomic mass is 10.0. The number of rotatable bonds is 12. The average Bonchev–Trinajstić information content (AvgIpc) is 2.27. The Morgan fingerprint density at radius 1 is 0.625 bits per heavy atom. The maximum atomic E-state index is 2.32. The predicted molar refractivity (Wildman–Crippen MR) is 79.0 cm³/mol. The van der Waals surface area contributed by atoms with Crippen LogP contribution in [0.2, 0.25) is 4.78 Å². The highest BCUT2D eigenvalue weighted by molar-refractivity contribution is 6.11. The Morgan fingerprint density at radius 3 is 1.62 bits per heavy atom. The van der Waals surface area contributed by atoms with Crippen LogP contribution in [-0.2, 0) is 0 Å². The molecule has 0 saturated carbocycles. The van der Waals surface area contributed by atoms with Crippen molar-refractivity contribution in [2.75, 3.05) is 0 Å². The van der Waals surface area contributed by atoms with E-state index in [-0.39, 0.29) is 0 Å². The summed E-state index contributed by atoms with van der Waals surface area (Å²) in [5.41, 5.74) is 0. The van der Waals surface area contributed by atoms with Gasteiger partial charge in [0.15, 0.2) is 0 Å². The molecule has 0 heterocycles. The molecule has 0 amide bonds. The average molecular weight is 240 g/mol. The maximum Gasteiger partial charge on any atom is 0.216 e. The van der Waals surface area contributed by atoms with E-state index >= 15 is 0 Å². The van der Waals surface area contributed by atoms with Gasteiger partial charge in [-0.15, -0.1) is 0 Å². The summed E-state index contributed by atoms with van der Waals surface area (Å²) in [6.45, 7) is 4.61. The molecule has 0 aliphatic carbocycles. The van der Waals surface area contributed by atoms with Gasteiger partial charge in [0, 0.05) is 0 Å². The van der Waals surface area contributed by atoms with Crippen LogP contribution in [0.25, 0.3) is 0 Å². The lowest BCUT2D eigenvalue weighted by Crippen LogP contribution is -1.92. The highest BCUT2D eigenvalue weighted by Crippen LogP contribution is 2.18. The van der Waals surface area contributed by atoms with Crippen molar-refractivity contribution in [3.63, 3.8) is 0 Å². The maximum absolute atomic E-state index is 2.32. The van der Waals surface area contributed by atoms with E-state index in [1.165, 1.54) is 93.3 Å². The zero-order valence-corrected chi connectivity index (χ0v) is 14.1. The molecule has 0 saturated heterocycles. The van der Waals surface area contributed by atoms with Gasteiger partial charge in [-0.25, -0.2) is 0 Å². The molecule has 96 valence electrons. The van der Waals surface area contributed by atoms with Crippen LogP contribution >= 0.6 is 0 Å². The molecule has 1 heteroatoms. The number of unbranched alkanes of at least 4 members (excludes halogenated alkanes) is 8. The van der Waals surface area contributed by atoms with Crippen molar-refractivity contribution in [2.24, 2.45) is 0 Å². The fourth-order valence-electron chi connectivity index (χ4n) is 2.44. The molecule has 0 N–H and O–H groups in total. The zero-order chi connectivity index (χ0) is 12.1. The summed E-state index contributed by atoms with van der Waals surface area (Å²) in [5.74, 6) is 0. The quantitative estimate of drug-likeness (QED) is 0.328. The van der Waals surface area contributed by atoms with Crippen molar-refractivity contribution in [3.8, 4) is 0 Å². The minimum absolute atomic E-state index is 1.11. The summed E-state index contributed by atoms with van der Waals surface area (Å²) < 4.78 is 1.11. The minimum Gasteiger partial charge on any atom is -0.0902 e. The topological polar surface area (TPSA) is 0 Å². The van der Waals surface area contributed by atoms with E-state index in [2.05, 4.69) is 13.8 Å². The number of hydrogen-bond acceptors (Lipinski definition) is 0. The Labute approximate surface area is 112 Å². The third-order valence-electron chi connectivity index (χ3n) is 3.58. The standard InChI is InChI=1S/C15H31.Al.2H/c1-3-5-7-9-11-13-15-14-12-10-8-6-4-2;;;/h7H,3-6,8-15H2,1-2H3;;;. The highest BCUT2D eigenvalue weighted by Gasteiger charge is 2.00. The van der Waals surface area contributed by atoms with Crippen LogP contribution in [0.15, 0.2) is 0 Å². The monoisotopic (exact) mass is 240 g/mol. The molecule has 0 radical (unpaired) electrons. The SMILES string of the molecule is CCCCCCCCCCC[CH]([AlH2])CCC. The van der Waals surface area contributed by atoms with Gasteiger partial charge in [0.05, 0.1) is 0 Å². The molecule has 0 aliphatic heterocycles. The van der Waals surface area contributed by atoms with E-state index in [0.29, 0.717) is 0 Å². The molecular weight excluding hydrogens is 207 g/mol. The van der Waals surface area contributed by atoms with E-state index in [1.54, 1.807) is 0 Å². The molecule has 0 aromatic heterocycles. The molecule has 0 fully saturated rings.